The molecule has 204 valence electrons. The number of nitrogens with one attached hydrogen (secondary N) is 1. The van der Waals surface area contributed by atoms with Crippen LogP contribution in [0.1, 0.15) is 43.7 Å². The Morgan fingerprint density at radius 3 is 2.62 bits per heavy atom. The van der Waals surface area contributed by atoms with Crippen LogP contribution in [0.3, 0.4) is 0 Å². The highest BCUT2D eigenvalue weighted by Gasteiger charge is 2.72. The standard InChI is InChI=1S/C32H36N2O5/c1-20-9-6-7-14-24(20)33-30(36)29-32-16-15-26(39-32)27(25(35)18-22-12-8-13-23(17-22)38-2)28(32)31(37)34(29)19-21-10-4-3-5-11-21/h3-5,8,10-13,15-17,20,24,26-29H,6-7,9,14,18-19H2,1-2H3,(H,33,36). The molecule has 7 unspecified atom stereocenters. The summed E-state index contributed by atoms with van der Waals surface area (Å²) in [6.07, 6.45) is 7.69. The summed E-state index contributed by atoms with van der Waals surface area (Å²) in [5.41, 5.74) is 0.615. The molecular weight excluding hydrogens is 492 g/mol. The lowest BCUT2D eigenvalue weighted by Gasteiger charge is -2.36. The van der Waals surface area contributed by atoms with Crippen LogP contribution >= 0.6 is 0 Å². The Balaban J connectivity index is 1.32. The third kappa shape index (κ3) is 4.46. The van der Waals surface area contributed by atoms with E-state index in [9.17, 15) is 14.4 Å². The number of carbonyl (C=O) groups excluding carboxylic acids is 3. The van der Waals surface area contributed by atoms with Gasteiger partial charge < -0.3 is 19.7 Å². The Morgan fingerprint density at radius 1 is 1.08 bits per heavy atom. The molecule has 6 rings (SSSR count). The second kappa shape index (κ2) is 10.3. The van der Waals surface area contributed by atoms with E-state index in [1.807, 2.05) is 66.7 Å². The van der Waals surface area contributed by atoms with E-state index in [4.69, 9.17) is 9.47 Å². The molecule has 1 N–H and O–H groups in total. The predicted octanol–water partition coefficient (Wildman–Crippen LogP) is 3.85. The first kappa shape index (κ1) is 25.8. The van der Waals surface area contributed by atoms with Gasteiger partial charge in [-0.1, -0.05) is 74.4 Å². The highest BCUT2D eigenvalue weighted by Crippen LogP contribution is 2.55. The van der Waals surface area contributed by atoms with Crippen molar-refractivity contribution in [3.8, 4) is 5.75 Å². The molecule has 2 aromatic carbocycles. The molecule has 7 nitrogen and oxygen atoms in total. The quantitative estimate of drug-likeness (QED) is 0.526. The van der Waals surface area contributed by atoms with Crippen molar-refractivity contribution in [1.29, 1.82) is 0 Å². The molecule has 7 atom stereocenters. The average molecular weight is 529 g/mol. The van der Waals surface area contributed by atoms with Crippen LogP contribution in [0.25, 0.3) is 0 Å². The van der Waals surface area contributed by atoms with Gasteiger partial charge in [0.05, 0.1) is 25.0 Å². The molecule has 3 fully saturated rings. The molecule has 7 heteroatoms. The molecule has 0 radical (unpaired) electrons. The summed E-state index contributed by atoms with van der Waals surface area (Å²) in [7, 11) is 1.59. The largest absolute Gasteiger partial charge is 0.497 e. The van der Waals surface area contributed by atoms with Gasteiger partial charge in [0, 0.05) is 19.0 Å². The molecular formula is C32H36N2O5. The maximum atomic E-state index is 14.2. The summed E-state index contributed by atoms with van der Waals surface area (Å²) in [6.45, 7) is 2.46. The van der Waals surface area contributed by atoms with Crippen molar-refractivity contribution >= 4 is 17.6 Å². The topological polar surface area (TPSA) is 84.9 Å². The fourth-order valence-electron chi connectivity index (χ4n) is 7.18. The van der Waals surface area contributed by atoms with Crippen LogP contribution < -0.4 is 10.1 Å². The van der Waals surface area contributed by atoms with Crippen molar-refractivity contribution in [3.63, 3.8) is 0 Å². The van der Waals surface area contributed by atoms with Gasteiger partial charge in [0.2, 0.25) is 11.8 Å². The van der Waals surface area contributed by atoms with Gasteiger partial charge in [0.1, 0.15) is 23.2 Å². The number of ether oxygens (including phenoxy) is 2. The third-order valence-corrected chi connectivity index (χ3v) is 9.14. The number of likely N-dealkylation sites (tertiary alicyclic amines) is 1. The SMILES string of the molecule is COc1cccc(CC(=O)C2C3C=CC4(O3)C2C(=O)N(Cc2ccccc2)C4C(=O)NC2CCCCC2C)c1. The summed E-state index contributed by atoms with van der Waals surface area (Å²) < 4.78 is 11.8. The van der Waals surface area contributed by atoms with Crippen LogP contribution in [0, 0.1) is 17.8 Å². The van der Waals surface area contributed by atoms with Crippen LogP contribution in [0.2, 0.25) is 0 Å². The second-order valence-electron chi connectivity index (χ2n) is 11.5. The number of hydrogen-bond acceptors (Lipinski definition) is 5. The number of methoxy groups -OCH3 is 1. The highest BCUT2D eigenvalue weighted by molar-refractivity contribution is 6.00. The van der Waals surface area contributed by atoms with Gasteiger partial charge in [-0.2, -0.15) is 0 Å². The van der Waals surface area contributed by atoms with Gasteiger partial charge in [-0.05, 0) is 42.0 Å². The fourth-order valence-corrected chi connectivity index (χ4v) is 7.18. The molecule has 0 aromatic heterocycles. The normalized spacial score (nSPS) is 32.8. The Kier molecular flexibility index (Phi) is 6.79. The highest BCUT2D eigenvalue weighted by atomic mass is 16.5. The maximum absolute atomic E-state index is 14.2. The molecule has 1 saturated carbocycles. The van der Waals surface area contributed by atoms with Gasteiger partial charge >= 0.3 is 0 Å². The number of fused-ring (bicyclic) bond motifs is 1. The Labute approximate surface area is 229 Å². The Morgan fingerprint density at radius 2 is 1.85 bits per heavy atom. The first-order valence-electron chi connectivity index (χ1n) is 14.1. The number of rotatable bonds is 8. The van der Waals surface area contributed by atoms with Crippen molar-refractivity contribution in [2.75, 3.05) is 7.11 Å². The first-order chi connectivity index (χ1) is 18.9. The van der Waals surface area contributed by atoms with Crippen molar-refractivity contribution in [2.45, 2.75) is 69.4 Å². The van der Waals surface area contributed by atoms with E-state index < -0.39 is 29.6 Å². The number of amides is 2. The van der Waals surface area contributed by atoms with Gasteiger partial charge in [-0.3, -0.25) is 14.4 Å². The van der Waals surface area contributed by atoms with Crippen LogP contribution in [0.4, 0.5) is 0 Å². The molecule has 1 spiro atoms. The molecule has 2 aromatic rings. The average Bonchev–Trinajstić information content (AvgIpc) is 3.58. The minimum absolute atomic E-state index is 0.0561. The van der Waals surface area contributed by atoms with E-state index in [1.165, 1.54) is 6.42 Å². The van der Waals surface area contributed by atoms with Crippen LogP contribution in [0.5, 0.6) is 5.75 Å². The summed E-state index contributed by atoms with van der Waals surface area (Å²) >= 11 is 0. The van der Waals surface area contributed by atoms with E-state index in [-0.39, 0.29) is 36.6 Å². The van der Waals surface area contributed by atoms with Gasteiger partial charge in [0.15, 0.2) is 0 Å². The second-order valence-corrected chi connectivity index (χ2v) is 11.5. The lowest BCUT2D eigenvalue weighted by atomic mass is 9.72. The molecule has 4 aliphatic rings. The monoisotopic (exact) mass is 528 g/mol. The number of benzene rings is 2. The van der Waals surface area contributed by atoms with Crippen LogP contribution in [-0.2, 0) is 32.1 Å². The van der Waals surface area contributed by atoms with Gasteiger partial charge in [0.25, 0.3) is 0 Å². The van der Waals surface area contributed by atoms with E-state index in [2.05, 4.69) is 12.2 Å². The zero-order chi connectivity index (χ0) is 27.1. The molecule has 1 aliphatic carbocycles. The van der Waals surface area contributed by atoms with Crippen molar-refractivity contribution in [2.24, 2.45) is 17.8 Å². The van der Waals surface area contributed by atoms with E-state index >= 15 is 0 Å². The molecule has 2 saturated heterocycles. The number of Topliss-reactive ketones (excluding diaryl/α,β-unsaturated/α-hetero) is 1. The van der Waals surface area contributed by atoms with Crippen LogP contribution in [0.15, 0.2) is 66.7 Å². The van der Waals surface area contributed by atoms with E-state index in [0.29, 0.717) is 11.7 Å². The van der Waals surface area contributed by atoms with E-state index in [1.54, 1.807) is 12.0 Å². The predicted molar refractivity (Wildman–Crippen MR) is 146 cm³/mol. The van der Waals surface area contributed by atoms with Crippen molar-refractivity contribution in [3.05, 3.63) is 77.9 Å². The number of ketones is 1. The summed E-state index contributed by atoms with van der Waals surface area (Å²) in [6, 6.07) is 16.4. The lowest BCUT2D eigenvalue weighted by molar-refractivity contribution is -0.142. The molecule has 2 bridgehead atoms. The molecule has 2 amide bonds. The van der Waals surface area contributed by atoms with Crippen molar-refractivity contribution in [1.82, 2.24) is 10.2 Å². The molecule has 3 heterocycles. The Hall–Kier alpha value is -3.45. The van der Waals surface area contributed by atoms with Gasteiger partial charge in [-0.15, -0.1) is 0 Å². The minimum Gasteiger partial charge on any atom is -0.497 e. The number of carbonyl (C=O) groups is 3. The fraction of sp³-hybridized carbons (Fsp3) is 0.469. The zero-order valence-corrected chi connectivity index (χ0v) is 22.5. The molecule has 3 aliphatic heterocycles. The summed E-state index contributed by atoms with van der Waals surface area (Å²) in [5, 5.41) is 3.29. The van der Waals surface area contributed by atoms with E-state index in [0.717, 1.165) is 30.4 Å². The number of nitrogens with zero attached hydrogens (tertiary/aromatic N) is 1. The van der Waals surface area contributed by atoms with Crippen molar-refractivity contribution < 1.29 is 23.9 Å². The first-order valence-corrected chi connectivity index (χ1v) is 14.1. The minimum atomic E-state index is -1.15. The van der Waals surface area contributed by atoms with Gasteiger partial charge in [-0.25, -0.2) is 0 Å². The maximum Gasteiger partial charge on any atom is 0.246 e. The smallest absolute Gasteiger partial charge is 0.246 e. The Bertz CT molecular complexity index is 1290. The summed E-state index contributed by atoms with van der Waals surface area (Å²) in [5.74, 6) is -0.741. The number of hydrogen-bond donors (Lipinski definition) is 1. The van der Waals surface area contributed by atoms with Crippen LogP contribution in [-0.4, -0.2) is 53.4 Å². The third-order valence-electron chi connectivity index (χ3n) is 9.14. The zero-order valence-electron chi connectivity index (χ0n) is 22.5. The summed E-state index contributed by atoms with van der Waals surface area (Å²) in [4.78, 5) is 43.6. The molecule has 39 heavy (non-hydrogen) atoms. The lowest BCUT2D eigenvalue weighted by Crippen LogP contribution is -2.57.